The van der Waals surface area contributed by atoms with Crippen LogP contribution in [0.1, 0.15) is 38.9 Å². The van der Waals surface area contributed by atoms with Gasteiger partial charge in [0, 0.05) is 18.8 Å². The maximum atomic E-state index is 9.78. The molecule has 0 amide bonds. The van der Waals surface area contributed by atoms with Crippen LogP contribution in [0.5, 0.6) is 0 Å². The molecule has 1 atom stereocenters. The molecule has 1 aromatic rings. The molecular formula is C15H23NO2. The lowest BCUT2D eigenvalue weighted by molar-refractivity contribution is -0.0276. The highest BCUT2D eigenvalue weighted by Gasteiger charge is 2.27. The number of morpholine rings is 1. The van der Waals surface area contributed by atoms with E-state index >= 15 is 0 Å². The minimum Gasteiger partial charge on any atom is -0.388 e. The highest BCUT2D eigenvalue weighted by atomic mass is 16.5. The van der Waals surface area contributed by atoms with Crippen molar-refractivity contribution < 1.29 is 9.84 Å². The Balaban J connectivity index is 2.09. The van der Waals surface area contributed by atoms with Crippen molar-refractivity contribution in [2.75, 3.05) is 24.6 Å². The predicted octanol–water partition coefficient (Wildman–Crippen LogP) is 2.75. The summed E-state index contributed by atoms with van der Waals surface area (Å²) in [6.45, 7) is 8.83. The van der Waals surface area contributed by atoms with E-state index in [4.69, 9.17) is 4.74 Å². The SMILES string of the molecule is CC[C@@H](O)c1ccc(N2CCOC(C)(C)C2)cc1. The number of nitrogens with zero attached hydrogens (tertiary/aromatic N) is 1. The lowest BCUT2D eigenvalue weighted by Gasteiger charge is -2.39. The number of benzene rings is 1. The van der Waals surface area contributed by atoms with Crippen LogP contribution in [0, 0.1) is 0 Å². The Labute approximate surface area is 109 Å². The van der Waals surface area contributed by atoms with Gasteiger partial charge in [-0.3, -0.25) is 0 Å². The lowest BCUT2D eigenvalue weighted by Crippen LogP contribution is -2.48. The minimum atomic E-state index is -0.347. The monoisotopic (exact) mass is 249 g/mol. The van der Waals surface area contributed by atoms with Crippen molar-refractivity contribution in [1.82, 2.24) is 0 Å². The van der Waals surface area contributed by atoms with E-state index in [1.54, 1.807) is 0 Å². The van der Waals surface area contributed by atoms with Gasteiger partial charge in [-0.2, -0.15) is 0 Å². The number of rotatable bonds is 3. The van der Waals surface area contributed by atoms with Gasteiger partial charge in [0.1, 0.15) is 0 Å². The highest BCUT2D eigenvalue weighted by Crippen LogP contribution is 2.25. The number of aliphatic hydroxyl groups excluding tert-OH is 1. The van der Waals surface area contributed by atoms with Gasteiger partial charge in [-0.05, 0) is 38.0 Å². The molecule has 0 radical (unpaired) electrons. The Bertz CT molecular complexity index is 386. The Morgan fingerprint density at radius 1 is 1.33 bits per heavy atom. The molecule has 1 saturated heterocycles. The van der Waals surface area contributed by atoms with Gasteiger partial charge < -0.3 is 14.7 Å². The molecule has 1 aliphatic heterocycles. The van der Waals surface area contributed by atoms with Crippen molar-refractivity contribution in [1.29, 1.82) is 0 Å². The lowest BCUT2D eigenvalue weighted by atomic mass is 10.0. The first-order chi connectivity index (χ1) is 8.52. The molecule has 1 fully saturated rings. The average Bonchev–Trinajstić information content (AvgIpc) is 2.37. The highest BCUT2D eigenvalue weighted by molar-refractivity contribution is 5.48. The summed E-state index contributed by atoms with van der Waals surface area (Å²) >= 11 is 0. The van der Waals surface area contributed by atoms with Gasteiger partial charge >= 0.3 is 0 Å². The molecule has 0 spiro atoms. The van der Waals surface area contributed by atoms with Crippen LogP contribution in [0.4, 0.5) is 5.69 Å². The summed E-state index contributed by atoms with van der Waals surface area (Å²) < 4.78 is 5.71. The van der Waals surface area contributed by atoms with E-state index in [9.17, 15) is 5.11 Å². The quantitative estimate of drug-likeness (QED) is 0.894. The van der Waals surface area contributed by atoms with Crippen LogP contribution in [0.2, 0.25) is 0 Å². The molecule has 1 N–H and O–H groups in total. The number of hydrogen-bond donors (Lipinski definition) is 1. The van der Waals surface area contributed by atoms with E-state index in [0.29, 0.717) is 0 Å². The normalized spacial score (nSPS) is 20.8. The molecule has 1 aromatic carbocycles. The summed E-state index contributed by atoms with van der Waals surface area (Å²) in [4.78, 5) is 2.34. The van der Waals surface area contributed by atoms with Crippen LogP contribution >= 0.6 is 0 Å². The second-order valence-electron chi connectivity index (χ2n) is 5.55. The van der Waals surface area contributed by atoms with E-state index in [1.165, 1.54) is 5.69 Å². The second-order valence-corrected chi connectivity index (χ2v) is 5.55. The smallest absolute Gasteiger partial charge is 0.0801 e. The fraction of sp³-hybridized carbons (Fsp3) is 0.600. The predicted molar refractivity (Wildman–Crippen MR) is 73.9 cm³/mol. The maximum Gasteiger partial charge on any atom is 0.0801 e. The Hall–Kier alpha value is -1.06. The fourth-order valence-corrected chi connectivity index (χ4v) is 2.38. The van der Waals surface area contributed by atoms with Crippen LogP contribution in [0.15, 0.2) is 24.3 Å². The Morgan fingerprint density at radius 3 is 2.56 bits per heavy atom. The number of hydrogen-bond acceptors (Lipinski definition) is 3. The second kappa shape index (κ2) is 5.29. The van der Waals surface area contributed by atoms with Crippen molar-refractivity contribution in [3.63, 3.8) is 0 Å². The van der Waals surface area contributed by atoms with Crippen molar-refractivity contribution in [3.8, 4) is 0 Å². The molecule has 1 aliphatic rings. The van der Waals surface area contributed by atoms with Crippen LogP contribution < -0.4 is 4.90 Å². The maximum absolute atomic E-state index is 9.78. The molecule has 0 saturated carbocycles. The zero-order chi connectivity index (χ0) is 13.2. The fourth-order valence-electron chi connectivity index (χ4n) is 2.38. The molecule has 18 heavy (non-hydrogen) atoms. The first-order valence-corrected chi connectivity index (χ1v) is 6.69. The molecule has 3 nitrogen and oxygen atoms in total. The third kappa shape index (κ3) is 3.03. The van der Waals surface area contributed by atoms with E-state index < -0.39 is 0 Å². The summed E-state index contributed by atoms with van der Waals surface area (Å²) in [5, 5.41) is 9.78. The zero-order valence-corrected chi connectivity index (χ0v) is 11.5. The Morgan fingerprint density at radius 2 is 2.00 bits per heavy atom. The molecule has 3 heteroatoms. The summed E-state index contributed by atoms with van der Waals surface area (Å²) in [5.74, 6) is 0. The number of ether oxygens (including phenoxy) is 1. The first-order valence-electron chi connectivity index (χ1n) is 6.69. The zero-order valence-electron chi connectivity index (χ0n) is 11.5. The van der Waals surface area contributed by atoms with Crippen molar-refractivity contribution in [2.24, 2.45) is 0 Å². The molecule has 100 valence electrons. The summed E-state index contributed by atoms with van der Waals surface area (Å²) in [7, 11) is 0. The molecule has 0 unspecified atom stereocenters. The van der Waals surface area contributed by atoms with Gasteiger partial charge in [0.25, 0.3) is 0 Å². The average molecular weight is 249 g/mol. The summed E-state index contributed by atoms with van der Waals surface area (Å²) in [6, 6.07) is 8.23. The van der Waals surface area contributed by atoms with Crippen LogP contribution in [0.3, 0.4) is 0 Å². The molecule has 1 heterocycles. The van der Waals surface area contributed by atoms with Gasteiger partial charge in [-0.15, -0.1) is 0 Å². The molecule has 2 rings (SSSR count). The molecule has 0 aromatic heterocycles. The van der Waals surface area contributed by atoms with Gasteiger partial charge in [0.05, 0.1) is 18.3 Å². The van der Waals surface area contributed by atoms with Crippen LogP contribution in [-0.4, -0.2) is 30.4 Å². The van der Waals surface area contributed by atoms with Crippen LogP contribution in [-0.2, 0) is 4.74 Å². The Kier molecular flexibility index (Phi) is 3.93. The molecule has 0 bridgehead atoms. The third-order valence-corrected chi connectivity index (χ3v) is 3.46. The topological polar surface area (TPSA) is 32.7 Å². The molecule has 0 aliphatic carbocycles. The van der Waals surface area contributed by atoms with Crippen molar-refractivity contribution in [2.45, 2.75) is 38.9 Å². The third-order valence-electron chi connectivity index (χ3n) is 3.46. The largest absolute Gasteiger partial charge is 0.388 e. The van der Waals surface area contributed by atoms with Gasteiger partial charge in [-0.1, -0.05) is 19.1 Å². The number of anilines is 1. The van der Waals surface area contributed by atoms with Gasteiger partial charge in [-0.25, -0.2) is 0 Å². The van der Waals surface area contributed by atoms with Gasteiger partial charge in [0.15, 0.2) is 0 Å². The standard InChI is InChI=1S/C15H23NO2/c1-4-14(17)12-5-7-13(8-6-12)16-9-10-18-15(2,3)11-16/h5-8,14,17H,4,9-11H2,1-3H3/t14-/m1/s1. The van der Waals surface area contributed by atoms with E-state index in [0.717, 1.165) is 31.7 Å². The van der Waals surface area contributed by atoms with Crippen molar-refractivity contribution >= 4 is 5.69 Å². The van der Waals surface area contributed by atoms with E-state index in [-0.39, 0.29) is 11.7 Å². The van der Waals surface area contributed by atoms with Crippen molar-refractivity contribution in [3.05, 3.63) is 29.8 Å². The molecular weight excluding hydrogens is 226 g/mol. The number of aliphatic hydroxyl groups is 1. The van der Waals surface area contributed by atoms with E-state index in [1.807, 2.05) is 19.1 Å². The van der Waals surface area contributed by atoms with E-state index in [2.05, 4.69) is 30.9 Å². The van der Waals surface area contributed by atoms with Gasteiger partial charge in [0.2, 0.25) is 0 Å². The summed E-state index contributed by atoms with van der Waals surface area (Å²) in [6.07, 6.45) is 0.407. The van der Waals surface area contributed by atoms with Crippen LogP contribution in [0.25, 0.3) is 0 Å². The minimum absolute atomic E-state index is 0.0835. The first kappa shape index (κ1) is 13.4. The summed E-state index contributed by atoms with van der Waals surface area (Å²) in [5.41, 5.74) is 2.12.